The first-order valence-corrected chi connectivity index (χ1v) is 14.7. The molecule has 0 unspecified atom stereocenters. The normalized spacial score (nSPS) is 37.8. The van der Waals surface area contributed by atoms with Crippen LogP contribution in [0.4, 0.5) is 0 Å². The van der Waals surface area contributed by atoms with Gasteiger partial charge in [-0.3, -0.25) is 0 Å². The Hall–Kier alpha value is -2.80. The number of ether oxygens (including phenoxy) is 10. The molecule has 11 heteroatoms. The molecule has 0 N–H and O–H groups in total. The van der Waals surface area contributed by atoms with Gasteiger partial charge in [0.2, 0.25) is 0 Å². The average Bonchev–Trinajstić information content (AvgIpc) is 3.64. The predicted molar refractivity (Wildman–Crippen MR) is 155 cm³/mol. The van der Waals surface area contributed by atoms with E-state index >= 15 is 0 Å². The summed E-state index contributed by atoms with van der Waals surface area (Å²) >= 11 is 0. The molecule has 0 spiro atoms. The van der Waals surface area contributed by atoms with Crippen molar-refractivity contribution in [2.45, 2.75) is 115 Å². The zero-order valence-electron chi connectivity index (χ0n) is 26.2. The van der Waals surface area contributed by atoms with Crippen LogP contribution in [0.25, 0.3) is 0 Å². The maximum Gasteiger partial charge on any atom is 0.271 e. The molecule has 10 atom stereocenters. The van der Waals surface area contributed by atoms with Crippen LogP contribution in [-0.4, -0.2) is 74.6 Å². The molecule has 0 radical (unpaired) electrons. The largest absolute Gasteiger partial charge is 0.499 e. The van der Waals surface area contributed by atoms with Gasteiger partial charge in [0.1, 0.15) is 31.0 Å². The summed E-state index contributed by atoms with van der Waals surface area (Å²) < 4.78 is 69.3. The van der Waals surface area contributed by atoms with Crippen LogP contribution >= 0.6 is 0 Å². The number of fused-ring (bicyclic) bond motifs is 1. The summed E-state index contributed by atoms with van der Waals surface area (Å²) in [6.07, 6.45) is 8.91. The van der Waals surface area contributed by atoms with Crippen LogP contribution in [-0.2, 0) is 53.2 Å². The van der Waals surface area contributed by atoms with Crippen molar-refractivity contribution in [2.75, 3.05) is 13.7 Å². The topological polar surface area (TPSA) is 105 Å². The third-order valence-electron chi connectivity index (χ3n) is 7.26. The molecule has 0 bridgehead atoms. The van der Waals surface area contributed by atoms with Crippen LogP contribution in [0.2, 0.25) is 0 Å². The maximum absolute atomic E-state index is 7.07. The first-order chi connectivity index (χ1) is 20.7. The second kappa shape index (κ2) is 14.8. The van der Waals surface area contributed by atoms with Crippen LogP contribution in [0.3, 0.4) is 0 Å². The van der Waals surface area contributed by atoms with E-state index in [9.17, 15) is 0 Å². The standard InChI is InChI=1S/C32H46O11/c1-9-15-34-20-22-25(36-16-10-2)27(37-17-11-3)29(38-18-12-4)32(40-22,23-14-13-19-35-23)43-24-21(5)39-30(33-8)28-26(24)41-31(6,7)42-28/h9-19,21-22,24-30H,20H2,1-8H3/b15-9+,16-10+,17-11+,18-12+/t21-,22+,24-,25+,26+,27-,28+,29-,30+,32-/m0/s1. The quantitative estimate of drug-likeness (QED) is 0.268. The van der Waals surface area contributed by atoms with E-state index in [-0.39, 0.29) is 6.61 Å². The van der Waals surface area contributed by atoms with Gasteiger partial charge >= 0.3 is 0 Å². The van der Waals surface area contributed by atoms with Crippen LogP contribution < -0.4 is 0 Å². The van der Waals surface area contributed by atoms with Gasteiger partial charge in [-0.25, -0.2) is 0 Å². The Kier molecular flexibility index (Phi) is 11.4. The lowest BCUT2D eigenvalue weighted by Crippen LogP contribution is -2.68. The number of hydrogen-bond donors (Lipinski definition) is 0. The fourth-order valence-electron chi connectivity index (χ4n) is 5.62. The van der Waals surface area contributed by atoms with Gasteiger partial charge in [0, 0.05) is 7.11 Å². The second-order valence-electron chi connectivity index (χ2n) is 10.9. The third kappa shape index (κ3) is 7.13. The van der Waals surface area contributed by atoms with Crippen LogP contribution in [0.5, 0.6) is 0 Å². The lowest BCUT2D eigenvalue weighted by Gasteiger charge is -2.52. The summed E-state index contributed by atoms with van der Waals surface area (Å²) in [6, 6.07) is 3.53. The Morgan fingerprint density at radius 1 is 0.814 bits per heavy atom. The molecule has 0 aromatic carbocycles. The van der Waals surface area contributed by atoms with Crippen molar-refractivity contribution in [3.8, 4) is 0 Å². The van der Waals surface area contributed by atoms with Crippen molar-refractivity contribution in [3.05, 3.63) is 73.5 Å². The first-order valence-electron chi connectivity index (χ1n) is 14.7. The van der Waals surface area contributed by atoms with Gasteiger partial charge in [-0.1, -0.05) is 24.3 Å². The maximum atomic E-state index is 7.07. The van der Waals surface area contributed by atoms with E-state index < -0.39 is 66.7 Å². The lowest BCUT2D eigenvalue weighted by atomic mass is 9.89. The van der Waals surface area contributed by atoms with Crippen molar-refractivity contribution in [1.29, 1.82) is 0 Å². The minimum Gasteiger partial charge on any atom is -0.499 e. The molecule has 11 nitrogen and oxygen atoms in total. The minimum absolute atomic E-state index is 0.117. The third-order valence-corrected chi connectivity index (χ3v) is 7.26. The molecule has 43 heavy (non-hydrogen) atoms. The van der Waals surface area contributed by atoms with E-state index in [1.54, 1.807) is 74.9 Å². The Bertz CT molecular complexity index is 1100. The zero-order chi connectivity index (χ0) is 31.0. The van der Waals surface area contributed by atoms with E-state index in [1.807, 2.05) is 48.5 Å². The Morgan fingerprint density at radius 2 is 1.47 bits per heavy atom. The Labute approximate surface area is 254 Å². The number of rotatable bonds is 13. The van der Waals surface area contributed by atoms with Crippen molar-refractivity contribution >= 4 is 0 Å². The molecule has 0 saturated carbocycles. The molecular weight excluding hydrogens is 560 g/mol. The number of allylic oxidation sites excluding steroid dienone is 4. The molecular formula is C32H46O11. The summed E-state index contributed by atoms with van der Waals surface area (Å²) in [5.74, 6) is -2.23. The molecule has 3 saturated heterocycles. The molecule has 1 aromatic rings. The summed E-state index contributed by atoms with van der Waals surface area (Å²) in [5, 5.41) is 0. The molecule has 1 aromatic heterocycles. The summed E-state index contributed by atoms with van der Waals surface area (Å²) in [5.41, 5.74) is 0. The van der Waals surface area contributed by atoms with E-state index in [2.05, 4.69) is 0 Å². The molecule has 3 aliphatic rings. The molecule has 3 fully saturated rings. The van der Waals surface area contributed by atoms with Crippen molar-refractivity contribution < 1.29 is 51.8 Å². The number of furan rings is 1. The molecule has 4 heterocycles. The van der Waals surface area contributed by atoms with E-state index in [4.69, 9.17) is 51.8 Å². The zero-order valence-corrected chi connectivity index (χ0v) is 26.2. The van der Waals surface area contributed by atoms with Gasteiger partial charge in [0.25, 0.3) is 5.79 Å². The molecule has 3 aliphatic heterocycles. The molecule has 240 valence electrons. The summed E-state index contributed by atoms with van der Waals surface area (Å²) in [6.45, 7) is 13.1. The predicted octanol–water partition coefficient (Wildman–Crippen LogP) is 5.43. The monoisotopic (exact) mass is 606 g/mol. The highest BCUT2D eigenvalue weighted by Crippen LogP contribution is 2.48. The number of hydrogen-bond acceptors (Lipinski definition) is 11. The highest BCUT2D eigenvalue weighted by molar-refractivity contribution is 5.16. The SMILES string of the molecule is C/C=C/OC[C@H]1O[C@](O[C@@H]2[C@H]3OC(C)(C)O[C@H]3[C@H](OC)O[C@H]2C)(c2ccco2)[C@@H](O/C=C/C)[C@@H](O/C=C/C)[C@@H]1O/C=C/C. The Balaban J connectivity index is 1.86. The van der Waals surface area contributed by atoms with Crippen LogP contribution in [0, 0.1) is 0 Å². The van der Waals surface area contributed by atoms with Gasteiger partial charge in [-0.15, -0.1) is 0 Å². The van der Waals surface area contributed by atoms with Crippen LogP contribution in [0.1, 0.15) is 54.2 Å². The summed E-state index contributed by atoms with van der Waals surface area (Å²) in [4.78, 5) is 0. The van der Waals surface area contributed by atoms with Gasteiger partial charge in [0.05, 0.1) is 37.4 Å². The lowest BCUT2D eigenvalue weighted by molar-refractivity contribution is -0.409. The van der Waals surface area contributed by atoms with Gasteiger partial charge in [-0.05, 0) is 60.6 Å². The second-order valence-corrected chi connectivity index (χ2v) is 10.9. The first kappa shape index (κ1) is 33.1. The molecule has 4 rings (SSSR count). The van der Waals surface area contributed by atoms with Crippen molar-refractivity contribution in [3.63, 3.8) is 0 Å². The highest BCUT2D eigenvalue weighted by atomic mass is 16.8. The van der Waals surface area contributed by atoms with Crippen LogP contribution in [0.15, 0.2) is 72.2 Å². The smallest absolute Gasteiger partial charge is 0.271 e. The highest BCUT2D eigenvalue weighted by Gasteiger charge is 2.65. The number of methoxy groups -OCH3 is 1. The minimum atomic E-state index is -1.68. The molecule has 0 aliphatic carbocycles. The van der Waals surface area contributed by atoms with Gasteiger partial charge in [0.15, 0.2) is 36.1 Å². The Morgan fingerprint density at radius 3 is 2.09 bits per heavy atom. The molecule has 0 amide bonds. The summed E-state index contributed by atoms with van der Waals surface area (Å²) in [7, 11) is 1.57. The van der Waals surface area contributed by atoms with E-state index in [1.165, 1.54) is 0 Å². The van der Waals surface area contributed by atoms with E-state index in [0.29, 0.717) is 5.76 Å². The van der Waals surface area contributed by atoms with Gasteiger partial charge < -0.3 is 51.8 Å². The van der Waals surface area contributed by atoms with Crippen molar-refractivity contribution in [1.82, 2.24) is 0 Å². The average molecular weight is 607 g/mol. The van der Waals surface area contributed by atoms with E-state index in [0.717, 1.165) is 0 Å². The fraction of sp³-hybridized carbons (Fsp3) is 0.625. The van der Waals surface area contributed by atoms with Crippen molar-refractivity contribution in [2.24, 2.45) is 0 Å². The fourth-order valence-corrected chi connectivity index (χ4v) is 5.62. The van der Waals surface area contributed by atoms with Gasteiger partial charge in [-0.2, -0.15) is 0 Å².